The Morgan fingerprint density at radius 3 is 1.62 bits per heavy atom. The van der Waals surface area contributed by atoms with Gasteiger partial charge in [-0.3, -0.25) is 4.98 Å². The number of hydrogen-bond donors (Lipinski definition) is 0. The fourth-order valence-electron chi connectivity index (χ4n) is 6.04. The van der Waals surface area contributed by atoms with Gasteiger partial charge in [0, 0.05) is 17.3 Å². The molecule has 0 fully saturated rings. The smallest absolute Gasteiger partial charge is 0.0702 e. The van der Waals surface area contributed by atoms with Crippen molar-refractivity contribution in [3.8, 4) is 44.6 Å². The molecule has 1 heteroatoms. The van der Waals surface area contributed by atoms with Crippen LogP contribution < -0.4 is 0 Å². The van der Waals surface area contributed by atoms with E-state index < -0.39 is 0 Å². The molecule has 0 atom stereocenters. The normalized spacial score (nSPS) is 11.0. The van der Waals surface area contributed by atoms with Crippen LogP contribution in [0.15, 0.2) is 153 Å². The fraction of sp³-hybridized carbons (Fsp3) is 0. The van der Waals surface area contributed by atoms with Gasteiger partial charge in [0.25, 0.3) is 0 Å². The molecule has 0 unspecified atom stereocenters. The number of rotatable bonds is 6. The monoisotopic (exact) mass is 535 g/mol. The second-order valence-corrected chi connectivity index (χ2v) is 10.5. The lowest BCUT2D eigenvalue weighted by molar-refractivity contribution is 1.32. The molecular formula is C41H29N. The van der Waals surface area contributed by atoms with Gasteiger partial charge in [0.05, 0.1) is 5.69 Å². The standard InChI is InChI=1S/C41H29N/c1-3-35-36(4-2)41(33-23-20-28-12-8-9-15-32(28)26-33)38-17-11-10-16-37(38)40(35)31-21-18-29(19-22-31)34-24-25-39(42-27-34)30-13-6-5-7-14-30/h3-27H,1-2H2. The SMILES string of the molecule is C=Cc1c(C=C)c(-c2ccc3ccccc3c2)c2ccccc2c1-c1ccc(-c2ccc(-c3ccccc3)nc2)cc1. The average Bonchev–Trinajstić information content (AvgIpc) is 3.07. The molecule has 1 aromatic heterocycles. The van der Waals surface area contributed by atoms with Crippen LogP contribution in [0, 0.1) is 0 Å². The topological polar surface area (TPSA) is 12.9 Å². The predicted molar refractivity (Wildman–Crippen MR) is 181 cm³/mol. The summed E-state index contributed by atoms with van der Waals surface area (Å²) in [6.07, 6.45) is 5.91. The van der Waals surface area contributed by atoms with Gasteiger partial charge in [0.2, 0.25) is 0 Å². The van der Waals surface area contributed by atoms with Crippen molar-refractivity contribution in [1.82, 2.24) is 4.98 Å². The maximum absolute atomic E-state index is 4.73. The molecule has 198 valence electrons. The number of benzene rings is 6. The van der Waals surface area contributed by atoms with E-state index in [0.29, 0.717) is 0 Å². The van der Waals surface area contributed by atoms with E-state index in [4.69, 9.17) is 4.98 Å². The van der Waals surface area contributed by atoms with E-state index in [9.17, 15) is 0 Å². The van der Waals surface area contributed by atoms with Gasteiger partial charge in [0.15, 0.2) is 0 Å². The van der Waals surface area contributed by atoms with E-state index >= 15 is 0 Å². The molecule has 0 radical (unpaired) electrons. The molecular weight excluding hydrogens is 506 g/mol. The molecule has 0 amide bonds. The van der Waals surface area contributed by atoms with Gasteiger partial charge in [0.1, 0.15) is 0 Å². The summed E-state index contributed by atoms with van der Waals surface area (Å²) < 4.78 is 0. The van der Waals surface area contributed by atoms with Crippen LogP contribution in [0.3, 0.4) is 0 Å². The van der Waals surface area contributed by atoms with E-state index in [1.165, 1.54) is 38.2 Å². The minimum absolute atomic E-state index is 0.974. The first kappa shape index (κ1) is 25.4. The first-order valence-electron chi connectivity index (χ1n) is 14.2. The third-order valence-corrected chi connectivity index (χ3v) is 8.08. The number of nitrogens with zero attached hydrogens (tertiary/aromatic N) is 1. The Hall–Kier alpha value is -5.53. The van der Waals surface area contributed by atoms with Crippen LogP contribution in [-0.2, 0) is 0 Å². The first-order valence-corrected chi connectivity index (χ1v) is 14.2. The Kier molecular flexibility index (Phi) is 6.54. The highest BCUT2D eigenvalue weighted by molar-refractivity contribution is 6.12. The van der Waals surface area contributed by atoms with Crippen LogP contribution in [0.2, 0.25) is 0 Å². The van der Waals surface area contributed by atoms with Gasteiger partial charge < -0.3 is 0 Å². The van der Waals surface area contributed by atoms with Crippen LogP contribution in [0.1, 0.15) is 11.1 Å². The largest absolute Gasteiger partial charge is 0.256 e. The van der Waals surface area contributed by atoms with Gasteiger partial charge in [-0.25, -0.2) is 0 Å². The molecule has 0 saturated carbocycles. The molecule has 1 nitrogen and oxygen atoms in total. The Morgan fingerprint density at radius 1 is 0.429 bits per heavy atom. The summed E-state index contributed by atoms with van der Waals surface area (Å²) in [6.45, 7) is 8.52. The van der Waals surface area contributed by atoms with Crippen molar-refractivity contribution in [3.63, 3.8) is 0 Å². The molecule has 0 N–H and O–H groups in total. The molecule has 42 heavy (non-hydrogen) atoms. The maximum Gasteiger partial charge on any atom is 0.0702 e. The third-order valence-electron chi connectivity index (χ3n) is 8.08. The quantitative estimate of drug-likeness (QED) is 0.206. The molecule has 0 aliphatic rings. The molecule has 7 rings (SSSR count). The van der Waals surface area contributed by atoms with Crippen LogP contribution in [0.25, 0.3) is 78.3 Å². The molecule has 0 bridgehead atoms. The second-order valence-electron chi connectivity index (χ2n) is 10.5. The van der Waals surface area contributed by atoms with Crippen molar-refractivity contribution < 1.29 is 0 Å². The lowest BCUT2D eigenvalue weighted by Gasteiger charge is -2.20. The summed E-state index contributed by atoms with van der Waals surface area (Å²) in [5.74, 6) is 0. The van der Waals surface area contributed by atoms with Crippen molar-refractivity contribution in [3.05, 3.63) is 164 Å². The number of pyridine rings is 1. The molecule has 1 heterocycles. The zero-order chi connectivity index (χ0) is 28.5. The highest BCUT2D eigenvalue weighted by atomic mass is 14.7. The van der Waals surface area contributed by atoms with Crippen molar-refractivity contribution >= 4 is 33.7 Å². The Morgan fingerprint density at radius 2 is 0.976 bits per heavy atom. The molecule has 0 saturated heterocycles. The predicted octanol–water partition coefficient (Wildman–Crippen LogP) is 11.3. The van der Waals surface area contributed by atoms with Gasteiger partial charge in [-0.1, -0.05) is 147 Å². The summed E-state index contributed by atoms with van der Waals surface area (Å²) in [4.78, 5) is 4.73. The summed E-state index contributed by atoms with van der Waals surface area (Å²) in [5, 5.41) is 4.85. The number of hydrogen-bond acceptors (Lipinski definition) is 1. The minimum atomic E-state index is 0.974. The van der Waals surface area contributed by atoms with Crippen LogP contribution in [0.4, 0.5) is 0 Å². The zero-order valence-electron chi connectivity index (χ0n) is 23.3. The Balaban J connectivity index is 1.35. The van der Waals surface area contributed by atoms with Crippen molar-refractivity contribution in [2.24, 2.45) is 0 Å². The molecule has 0 spiro atoms. The van der Waals surface area contributed by atoms with E-state index in [-0.39, 0.29) is 0 Å². The van der Waals surface area contributed by atoms with Gasteiger partial charge >= 0.3 is 0 Å². The molecule has 6 aromatic carbocycles. The van der Waals surface area contributed by atoms with E-state index in [2.05, 4.69) is 128 Å². The van der Waals surface area contributed by atoms with E-state index in [0.717, 1.165) is 39.1 Å². The lowest BCUT2D eigenvalue weighted by atomic mass is 9.83. The number of fused-ring (bicyclic) bond motifs is 2. The van der Waals surface area contributed by atoms with E-state index in [1.807, 2.05) is 36.5 Å². The summed E-state index contributed by atoms with van der Waals surface area (Å²) in [6, 6.07) is 47.1. The zero-order valence-corrected chi connectivity index (χ0v) is 23.3. The summed E-state index contributed by atoms with van der Waals surface area (Å²) >= 11 is 0. The minimum Gasteiger partial charge on any atom is -0.256 e. The third kappa shape index (κ3) is 4.42. The molecule has 0 aliphatic carbocycles. The second kappa shape index (κ2) is 10.8. The maximum atomic E-state index is 4.73. The number of aromatic nitrogens is 1. The van der Waals surface area contributed by atoms with Crippen LogP contribution in [0.5, 0.6) is 0 Å². The first-order chi connectivity index (χ1) is 20.7. The fourth-order valence-corrected chi connectivity index (χ4v) is 6.04. The average molecular weight is 536 g/mol. The van der Waals surface area contributed by atoms with Crippen molar-refractivity contribution in [1.29, 1.82) is 0 Å². The Labute approximate surface area is 246 Å². The van der Waals surface area contributed by atoms with E-state index in [1.54, 1.807) is 0 Å². The van der Waals surface area contributed by atoms with Crippen LogP contribution in [-0.4, -0.2) is 4.98 Å². The molecule has 7 aromatic rings. The van der Waals surface area contributed by atoms with Crippen molar-refractivity contribution in [2.45, 2.75) is 0 Å². The van der Waals surface area contributed by atoms with Crippen LogP contribution >= 0.6 is 0 Å². The van der Waals surface area contributed by atoms with Gasteiger partial charge in [-0.05, 0) is 72.6 Å². The Bertz CT molecular complexity index is 2080. The van der Waals surface area contributed by atoms with Crippen molar-refractivity contribution in [2.75, 3.05) is 0 Å². The van der Waals surface area contributed by atoms with Gasteiger partial charge in [-0.2, -0.15) is 0 Å². The molecule has 0 aliphatic heterocycles. The summed E-state index contributed by atoms with van der Waals surface area (Å²) in [7, 11) is 0. The lowest BCUT2D eigenvalue weighted by Crippen LogP contribution is -1.96. The van der Waals surface area contributed by atoms with Gasteiger partial charge in [-0.15, -0.1) is 0 Å². The highest BCUT2D eigenvalue weighted by Crippen LogP contribution is 2.44. The highest BCUT2D eigenvalue weighted by Gasteiger charge is 2.19. The summed E-state index contributed by atoms with van der Waals surface area (Å²) in [5.41, 5.74) is 11.2.